The van der Waals surface area contributed by atoms with Crippen molar-refractivity contribution in [1.82, 2.24) is 10.1 Å². The summed E-state index contributed by atoms with van der Waals surface area (Å²) in [4.78, 5) is 14.6. The van der Waals surface area contributed by atoms with E-state index in [1.807, 2.05) is 0 Å². The maximum Gasteiger partial charge on any atom is 0.242 e. The number of likely N-dealkylation sites (tertiary alicyclic amines) is 1. The van der Waals surface area contributed by atoms with Crippen molar-refractivity contribution in [2.24, 2.45) is 0 Å². The van der Waals surface area contributed by atoms with Gasteiger partial charge in [0.2, 0.25) is 5.91 Å². The number of hydrogen-bond donors (Lipinski definition) is 1. The number of aromatic nitrogens is 1. The van der Waals surface area contributed by atoms with E-state index >= 15 is 0 Å². The van der Waals surface area contributed by atoms with E-state index in [9.17, 15) is 4.79 Å². The third kappa shape index (κ3) is 2.27. The minimum absolute atomic E-state index is 0.0183. The van der Waals surface area contributed by atoms with Crippen LogP contribution in [0.3, 0.4) is 0 Å². The highest BCUT2D eigenvalue weighted by Crippen LogP contribution is 2.30. The highest BCUT2D eigenvalue weighted by Gasteiger charge is 2.36. The number of nitrogens with one attached hydrogen (secondary N) is 1. The van der Waals surface area contributed by atoms with Gasteiger partial charge in [-0.1, -0.05) is 18.0 Å². The van der Waals surface area contributed by atoms with E-state index in [2.05, 4.69) is 15.4 Å². The Morgan fingerprint density at radius 3 is 2.89 bits per heavy atom. The topological polar surface area (TPSA) is 58.4 Å². The summed E-state index contributed by atoms with van der Waals surface area (Å²) in [7, 11) is 0. The van der Waals surface area contributed by atoms with E-state index in [1.54, 1.807) is 6.07 Å². The Bertz CT molecular complexity index is 398. The molecule has 0 aromatic carbocycles. The number of rotatable bonds is 3. The van der Waals surface area contributed by atoms with E-state index in [0.29, 0.717) is 11.9 Å². The van der Waals surface area contributed by atoms with Gasteiger partial charge in [0.1, 0.15) is 6.26 Å². The molecule has 18 heavy (non-hydrogen) atoms. The van der Waals surface area contributed by atoms with Gasteiger partial charge in [-0.15, -0.1) is 0 Å². The molecule has 2 fully saturated rings. The number of amides is 1. The van der Waals surface area contributed by atoms with Crippen molar-refractivity contribution in [3.05, 3.63) is 12.3 Å². The van der Waals surface area contributed by atoms with Gasteiger partial charge in [-0.05, 0) is 32.2 Å². The average molecular weight is 249 g/mol. The van der Waals surface area contributed by atoms with Crippen LogP contribution < -0.4 is 5.32 Å². The molecule has 5 heteroatoms. The smallest absolute Gasteiger partial charge is 0.242 e. The zero-order chi connectivity index (χ0) is 12.4. The highest BCUT2D eigenvalue weighted by atomic mass is 16.5. The second-order valence-corrected chi connectivity index (χ2v) is 5.21. The van der Waals surface area contributed by atoms with Crippen molar-refractivity contribution in [2.45, 2.75) is 50.6 Å². The van der Waals surface area contributed by atoms with E-state index in [-0.39, 0.29) is 11.9 Å². The molecule has 1 aromatic heterocycles. The minimum atomic E-state index is 0.0183. The van der Waals surface area contributed by atoms with Crippen LogP contribution in [0.1, 0.15) is 38.5 Å². The van der Waals surface area contributed by atoms with Gasteiger partial charge in [-0.3, -0.25) is 9.69 Å². The molecule has 98 valence electrons. The average Bonchev–Trinajstić information content (AvgIpc) is 3.11. The number of anilines is 1. The summed E-state index contributed by atoms with van der Waals surface area (Å²) >= 11 is 0. The van der Waals surface area contributed by atoms with E-state index < -0.39 is 0 Å². The molecule has 1 unspecified atom stereocenters. The molecule has 1 saturated heterocycles. The van der Waals surface area contributed by atoms with Crippen LogP contribution >= 0.6 is 0 Å². The second-order valence-electron chi connectivity index (χ2n) is 5.21. The van der Waals surface area contributed by atoms with Crippen LogP contribution in [0.2, 0.25) is 0 Å². The fourth-order valence-electron chi connectivity index (χ4n) is 3.23. The quantitative estimate of drug-likeness (QED) is 0.890. The van der Waals surface area contributed by atoms with Gasteiger partial charge in [0.05, 0.1) is 6.04 Å². The van der Waals surface area contributed by atoms with Gasteiger partial charge < -0.3 is 9.84 Å². The fourth-order valence-corrected chi connectivity index (χ4v) is 3.23. The first-order valence-electron chi connectivity index (χ1n) is 6.81. The Balaban J connectivity index is 1.64. The molecule has 1 aromatic rings. The number of hydrogen-bond acceptors (Lipinski definition) is 4. The number of nitrogens with zero attached hydrogens (tertiary/aromatic N) is 2. The molecule has 0 radical (unpaired) electrons. The second kappa shape index (κ2) is 5.10. The predicted octanol–water partition coefficient (Wildman–Crippen LogP) is 2.02. The van der Waals surface area contributed by atoms with Crippen molar-refractivity contribution < 1.29 is 9.32 Å². The van der Waals surface area contributed by atoms with Crippen LogP contribution in [-0.2, 0) is 4.79 Å². The molecule has 2 aliphatic rings. The third-order valence-corrected chi connectivity index (χ3v) is 4.08. The summed E-state index contributed by atoms with van der Waals surface area (Å²) in [6.07, 6.45) is 8.64. The Morgan fingerprint density at radius 2 is 2.17 bits per heavy atom. The maximum atomic E-state index is 12.2. The molecule has 0 spiro atoms. The Kier molecular flexibility index (Phi) is 3.32. The van der Waals surface area contributed by atoms with Crippen LogP contribution in [0, 0.1) is 0 Å². The molecule has 1 atom stereocenters. The van der Waals surface area contributed by atoms with Crippen LogP contribution in [0.15, 0.2) is 16.9 Å². The fraction of sp³-hybridized carbons (Fsp3) is 0.692. The first-order valence-corrected chi connectivity index (χ1v) is 6.81. The molecule has 2 heterocycles. The third-order valence-electron chi connectivity index (χ3n) is 4.08. The SMILES string of the molecule is O=C(Nc1ccon1)C1CCCN1C1CCCC1. The van der Waals surface area contributed by atoms with Gasteiger partial charge in [0.15, 0.2) is 5.82 Å². The van der Waals surface area contributed by atoms with Crippen LogP contribution in [-0.4, -0.2) is 34.6 Å². The Hall–Kier alpha value is -1.36. The number of carbonyl (C=O) groups is 1. The largest absolute Gasteiger partial charge is 0.363 e. The van der Waals surface area contributed by atoms with Crippen molar-refractivity contribution >= 4 is 11.7 Å². The lowest BCUT2D eigenvalue weighted by Gasteiger charge is -2.29. The molecule has 1 N–H and O–H groups in total. The molecule has 1 aliphatic heterocycles. The van der Waals surface area contributed by atoms with E-state index in [0.717, 1.165) is 19.4 Å². The van der Waals surface area contributed by atoms with Gasteiger partial charge in [-0.2, -0.15) is 0 Å². The van der Waals surface area contributed by atoms with Gasteiger partial charge in [0, 0.05) is 12.1 Å². The lowest BCUT2D eigenvalue weighted by atomic mass is 10.1. The highest BCUT2D eigenvalue weighted by molar-refractivity contribution is 5.94. The molecular weight excluding hydrogens is 230 g/mol. The van der Waals surface area contributed by atoms with Crippen molar-refractivity contribution in [3.8, 4) is 0 Å². The number of carbonyl (C=O) groups excluding carboxylic acids is 1. The minimum Gasteiger partial charge on any atom is -0.363 e. The normalized spacial score (nSPS) is 25.7. The molecule has 3 rings (SSSR count). The first kappa shape index (κ1) is 11.7. The van der Waals surface area contributed by atoms with Crippen molar-refractivity contribution in [3.63, 3.8) is 0 Å². The van der Waals surface area contributed by atoms with E-state index in [1.165, 1.54) is 31.9 Å². The Labute approximate surface area is 107 Å². The lowest BCUT2D eigenvalue weighted by Crippen LogP contribution is -2.44. The summed E-state index contributed by atoms with van der Waals surface area (Å²) in [5, 5.41) is 6.56. The summed E-state index contributed by atoms with van der Waals surface area (Å²) in [5.41, 5.74) is 0. The molecule has 0 bridgehead atoms. The van der Waals surface area contributed by atoms with Gasteiger partial charge in [0.25, 0.3) is 0 Å². The first-order chi connectivity index (χ1) is 8.84. The van der Waals surface area contributed by atoms with Crippen LogP contribution in [0.5, 0.6) is 0 Å². The Morgan fingerprint density at radius 1 is 1.33 bits per heavy atom. The van der Waals surface area contributed by atoms with E-state index in [4.69, 9.17) is 4.52 Å². The predicted molar refractivity (Wildman–Crippen MR) is 67.1 cm³/mol. The van der Waals surface area contributed by atoms with Crippen LogP contribution in [0.25, 0.3) is 0 Å². The molecule has 1 aliphatic carbocycles. The zero-order valence-electron chi connectivity index (χ0n) is 10.5. The molecule has 5 nitrogen and oxygen atoms in total. The summed E-state index contributed by atoms with van der Waals surface area (Å²) in [6.45, 7) is 1.06. The monoisotopic (exact) mass is 249 g/mol. The maximum absolute atomic E-state index is 12.2. The summed E-state index contributed by atoms with van der Waals surface area (Å²) in [5.74, 6) is 0.576. The lowest BCUT2D eigenvalue weighted by molar-refractivity contribution is -0.121. The van der Waals surface area contributed by atoms with Crippen molar-refractivity contribution in [1.29, 1.82) is 0 Å². The van der Waals surface area contributed by atoms with Crippen LogP contribution in [0.4, 0.5) is 5.82 Å². The van der Waals surface area contributed by atoms with Gasteiger partial charge >= 0.3 is 0 Å². The summed E-state index contributed by atoms with van der Waals surface area (Å²) < 4.78 is 4.73. The molecule has 1 saturated carbocycles. The molecule has 1 amide bonds. The zero-order valence-corrected chi connectivity index (χ0v) is 10.5. The van der Waals surface area contributed by atoms with Crippen molar-refractivity contribution in [2.75, 3.05) is 11.9 Å². The van der Waals surface area contributed by atoms with Gasteiger partial charge in [-0.25, -0.2) is 0 Å². The molecular formula is C13H19N3O2. The summed E-state index contributed by atoms with van der Waals surface area (Å²) in [6, 6.07) is 2.30. The standard InChI is InChI=1S/C13H19N3O2/c17-13(14-12-7-9-18-15-12)11-6-3-8-16(11)10-4-1-2-5-10/h7,9-11H,1-6,8H2,(H,14,15,17).